The lowest BCUT2D eigenvalue weighted by atomic mass is 9.82. The summed E-state index contributed by atoms with van der Waals surface area (Å²) in [5.41, 5.74) is 1.42. The molecule has 0 radical (unpaired) electrons. The van der Waals surface area contributed by atoms with Gasteiger partial charge in [-0.1, -0.05) is 55.7 Å². The van der Waals surface area contributed by atoms with Gasteiger partial charge in [0.2, 0.25) is 0 Å². The van der Waals surface area contributed by atoms with Gasteiger partial charge >= 0.3 is 0 Å². The van der Waals surface area contributed by atoms with Gasteiger partial charge in [0.25, 0.3) is 0 Å². The van der Waals surface area contributed by atoms with Gasteiger partial charge < -0.3 is 5.32 Å². The zero-order valence-corrected chi connectivity index (χ0v) is 13.0. The van der Waals surface area contributed by atoms with E-state index in [0.717, 1.165) is 25.6 Å². The number of benzene rings is 1. The van der Waals surface area contributed by atoms with E-state index in [2.05, 4.69) is 53.2 Å². The fraction of sp³-hybridized carbons (Fsp3) is 0.579. The molecule has 2 aliphatic rings. The first-order valence-corrected chi connectivity index (χ1v) is 8.52. The van der Waals surface area contributed by atoms with Crippen molar-refractivity contribution in [3.05, 3.63) is 48.6 Å². The van der Waals surface area contributed by atoms with Crippen LogP contribution >= 0.6 is 0 Å². The maximum Gasteiger partial charge on any atom is 0.0476 e. The Balaban J connectivity index is 1.69. The number of nitrogens with one attached hydrogen (secondary N) is 1. The van der Waals surface area contributed by atoms with E-state index >= 15 is 0 Å². The number of piperazine rings is 1. The van der Waals surface area contributed by atoms with Crippen molar-refractivity contribution < 1.29 is 0 Å². The van der Waals surface area contributed by atoms with E-state index in [1.165, 1.54) is 37.7 Å². The Morgan fingerprint density at radius 2 is 1.90 bits per heavy atom. The molecule has 1 aliphatic carbocycles. The maximum atomic E-state index is 3.96. The lowest BCUT2D eigenvalue weighted by Crippen LogP contribution is -2.55. The molecule has 1 aromatic carbocycles. The minimum Gasteiger partial charge on any atom is -0.311 e. The van der Waals surface area contributed by atoms with Gasteiger partial charge in [0.15, 0.2) is 0 Å². The van der Waals surface area contributed by atoms with Crippen molar-refractivity contribution in [2.24, 2.45) is 5.92 Å². The van der Waals surface area contributed by atoms with Gasteiger partial charge in [-0.3, -0.25) is 4.90 Å². The van der Waals surface area contributed by atoms with Crippen LogP contribution in [-0.2, 0) is 0 Å². The molecule has 114 valence electrons. The summed E-state index contributed by atoms with van der Waals surface area (Å²) in [6, 6.07) is 12.1. The van der Waals surface area contributed by atoms with E-state index in [0.29, 0.717) is 12.1 Å². The molecule has 1 aromatic rings. The summed E-state index contributed by atoms with van der Waals surface area (Å²) in [5.74, 6) is 0.878. The number of rotatable bonds is 4. The van der Waals surface area contributed by atoms with Crippen molar-refractivity contribution in [2.75, 3.05) is 19.6 Å². The molecule has 2 unspecified atom stereocenters. The fourth-order valence-corrected chi connectivity index (χ4v) is 4.06. The van der Waals surface area contributed by atoms with Gasteiger partial charge in [-0.05, 0) is 24.3 Å². The Kier molecular flexibility index (Phi) is 5.10. The zero-order valence-electron chi connectivity index (χ0n) is 13.0. The first-order valence-electron chi connectivity index (χ1n) is 8.52. The standard InChI is InChI=1S/C19H28N2/c1-2-13-21-15-18(16-9-5-3-6-10-16)20-14-19(21)17-11-7-4-8-12-17/h2,4,7-8,11-12,16,18-20H,1,3,5-6,9-10,13-15H2. The van der Waals surface area contributed by atoms with Gasteiger partial charge in [-0.15, -0.1) is 6.58 Å². The number of hydrogen-bond donors (Lipinski definition) is 1. The second-order valence-corrected chi connectivity index (χ2v) is 6.58. The third kappa shape index (κ3) is 3.56. The topological polar surface area (TPSA) is 15.3 Å². The summed E-state index contributed by atoms with van der Waals surface area (Å²) in [6.07, 6.45) is 9.16. The fourth-order valence-electron chi connectivity index (χ4n) is 4.06. The molecule has 0 amide bonds. The summed E-state index contributed by atoms with van der Waals surface area (Å²) in [5, 5.41) is 3.85. The monoisotopic (exact) mass is 284 g/mol. The van der Waals surface area contributed by atoms with Crippen molar-refractivity contribution >= 4 is 0 Å². The van der Waals surface area contributed by atoms with Crippen molar-refractivity contribution in [3.63, 3.8) is 0 Å². The third-order valence-corrected chi connectivity index (χ3v) is 5.21. The summed E-state index contributed by atoms with van der Waals surface area (Å²) in [4.78, 5) is 2.61. The van der Waals surface area contributed by atoms with Gasteiger partial charge in [0.1, 0.15) is 0 Å². The predicted molar refractivity (Wildman–Crippen MR) is 89.3 cm³/mol. The largest absolute Gasteiger partial charge is 0.311 e. The highest BCUT2D eigenvalue weighted by Gasteiger charge is 2.32. The van der Waals surface area contributed by atoms with Crippen LogP contribution < -0.4 is 5.32 Å². The molecule has 2 nitrogen and oxygen atoms in total. The number of hydrogen-bond acceptors (Lipinski definition) is 2. The molecule has 2 atom stereocenters. The highest BCUT2D eigenvalue weighted by atomic mass is 15.2. The molecule has 1 heterocycles. The molecule has 1 saturated carbocycles. The molecule has 2 heteroatoms. The van der Waals surface area contributed by atoms with Crippen LogP contribution in [0.2, 0.25) is 0 Å². The van der Waals surface area contributed by atoms with Crippen LogP contribution in [0.1, 0.15) is 43.7 Å². The van der Waals surface area contributed by atoms with E-state index in [9.17, 15) is 0 Å². The highest BCUT2D eigenvalue weighted by molar-refractivity contribution is 5.20. The molecule has 0 spiro atoms. The van der Waals surface area contributed by atoms with Crippen LogP contribution in [0.25, 0.3) is 0 Å². The van der Waals surface area contributed by atoms with Crippen LogP contribution in [0.4, 0.5) is 0 Å². The molecular weight excluding hydrogens is 256 g/mol. The molecule has 0 aromatic heterocycles. The minimum absolute atomic E-state index is 0.490. The zero-order chi connectivity index (χ0) is 14.5. The molecule has 1 aliphatic heterocycles. The summed E-state index contributed by atoms with van der Waals surface area (Å²) >= 11 is 0. The average molecular weight is 284 g/mol. The van der Waals surface area contributed by atoms with Crippen LogP contribution in [0, 0.1) is 5.92 Å². The van der Waals surface area contributed by atoms with Crippen molar-refractivity contribution in [1.29, 1.82) is 0 Å². The molecule has 1 saturated heterocycles. The quantitative estimate of drug-likeness (QED) is 0.847. The van der Waals surface area contributed by atoms with Crippen molar-refractivity contribution in [2.45, 2.75) is 44.2 Å². The first-order chi connectivity index (χ1) is 10.4. The van der Waals surface area contributed by atoms with Crippen LogP contribution in [0.15, 0.2) is 43.0 Å². The Hall–Kier alpha value is -1.12. The summed E-state index contributed by atoms with van der Waals surface area (Å²) in [6.45, 7) is 7.18. The van der Waals surface area contributed by atoms with Crippen LogP contribution in [0.3, 0.4) is 0 Å². The van der Waals surface area contributed by atoms with E-state index in [4.69, 9.17) is 0 Å². The van der Waals surface area contributed by atoms with E-state index in [1.807, 2.05) is 0 Å². The molecule has 2 fully saturated rings. The summed E-state index contributed by atoms with van der Waals surface area (Å²) in [7, 11) is 0. The maximum absolute atomic E-state index is 3.96. The van der Waals surface area contributed by atoms with Gasteiger partial charge in [-0.2, -0.15) is 0 Å². The van der Waals surface area contributed by atoms with Gasteiger partial charge in [0, 0.05) is 31.7 Å². The Labute approximate surface area is 129 Å². The molecule has 3 rings (SSSR count). The Morgan fingerprint density at radius 1 is 1.14 bits per heavy atom. The lowest BCUT2D eigenvalue weighted by Gasteiger charge is -2.43. The number of nitrogens with zero attached hydrogens (tertiary/aromatic N) is 1. The smallest absolute Gasteiger partial charge is 0.0476 e. The Bertz CT molecular complexity index is 436. The second-order valence-electron chi connectivity index (χ2n) is 6.58. The molecular formula is C19H28N2. The first kappa shape index (κ1) is 14.8. The van der Waals surface area contributed by atoms with Gasteiger partial charge in [-0.25, -0.2) is 0 Å². The minimum atomic E-state index is 0.490. The van der Waals surface area contributed by atoms with Crippen LogP contribution in [-0.4, -0.2) is 30.6 Å². The second kappa shape index (κ2) is 7.24. The molecule has 0 bridgehead atoms. The SMILES string of the molecule is C=CCN1CC(C2CCCCC2)NCC1c1ccccc1. The predicted octanol–water partition coefficient (Wildman–Crippen LogP) is 3.77. The Morgan fingerprint density at radius 3 is 2.62 bits per heavy atom. The van der Waals surface area contributed by atoms with E-state index < -0.39 is 0 Å². The lowest BCUT2D eigenvalue weighted by molar-refractivity contribution is 0.107. The molecule has 1 N–H and O–H groups in total. The molecule has 21 heavy (non-hydrogen) atoms. The summed E-state index contributed by atoms with van der Waals surface area (Å²) < 4.78 is 0. The average Bonchev–Trinajstić information content (AvgIpc) is 2.57. The van der Waals surface area contributed by atoms with Gasteiger partial charge in [0.05, 0.1) is 0 Å². The van der Waals surface area contributed by atoms with E-state index in [1.54, 1.807) is 0 Å². The highest BCUT2D eigenvalue weighted by Crippen LogP contribution is 2.31. The van der Waals surface area contributed by atoms with Crippen LogP contribution in [0.5, 0.6) is 0 Å². The van der Waals surface area contributed by atoms with Crippen molar-refractivity contribution in [3.8, 4) is 0 Å². The normalized spacial score (nSPS) is 28.4. The van der Waals surface area contributed by atoms with Crippen molar-refractivity contribution in [1.82, 2.24) is 10.2 Å². The third-order valence-electron chi connectivity index (χ3n) is 5.21. The van der Waals surface area contributed by atoms with E-state index in [-0.39, 0.29) is 0 Å².